The standard InChI is InChI=1S/C36H32NOP/c1-5-16-28(17-6-1)36(29-18-7-2-8-19-29)34-26-15-27-37(34)35(38-36)32-24-13-14-25-33(32)39(30-20-9-3-10-21-30)31-22-11-4-12-23-31/h1-14,16-25,34-35H,15,26-27H2/t34?,35-/m0/s1. The van der Waals surface area contributed by atoms with Crippen LogP contribution < -0.4 is 15.9 Å². The summed E-state index contributed by atoms with van der Waals surface area (Å²) < 4.78 is 7.47. The fourth-order valence-corrected chi connectivity index (χ4v) is 9.08. The third-order valence-electron chi connectivity index (χ3n) is 8.24. The molecule has 0 amide bonds. The number of nitrogens with zero attached hydrogens (tertiary/aromatic N) is 1. The molecular weight excluding hydrogens is 493 g/mol. The topological polar surface area (TPSA) is 12.5 Å². The van der Waals surface area contributed by atoms with Crippen molar-refractivity contribution < 1.29 is 4.74 Å². The van der Waals surface area contributed by atoms with Crippen molar-refractivity contribution in [1.82, 2.24) is 4.90 Å². The molecule has 192 valence electrons. The van der Waals surface area contributed by atoms with E-state index in [1.54, 1.807) is 0 Å². The van der Waals surface area contributed by atoms with Gasteiger partial charge in [0.2, 0.25) is 0 Å². The van der Waals surface area contributed by atoms with E-state index in [0.717, 1.165) is 13.0 Å². The van der Waals surface area contributed by atoms with Gasteiger partial charge in [-0.1, -0.05) is 146 Å². The van der Waals surface area contributed by atoms with Crippen LogP contribution in [0.4, 0.5) is 0 Å². The monoisotopic (exact) mass is 525 g/mol. The van der Waals surface area contributed by atoms with Gasteiger partial charge < -0.3 is 4.74 Å². The minimum Gasteiger partial charge on any atom is -0.341 e. The van der Waals surface area contributed by atoms with Crippen LogP contribution in [0.15, 0.2) is 146 Å². The zero-order chi connectivity index (χ0) is 26.1. The molecule has 2 atom stereocenters. The maximum Gasteiger partial charge on any atom is 0.139 e. The first-order valence-corrected chi connectivity index (χ1v) is 15.2. The summed E-state index contributed by atoms with van der Waals surface area (Å²) in [6, 6.07) is 53.1. The average molecular weight is 526 g/mol. The predicted octanol–water partition coefficient (Wildman–Crippen LogP) is 6.88. The Morgan fingerprint density at radius 1 is 0.590 bits per heavy atom. The first-order valence-electron chi connectivity index (χ1n) is 13.9. The van der Waals surface area contributed by atoms with Gasteiger partial charge >= 0.3 is 0 Å². The summed E-state index contributed by atoms with van der Waals surface area (Å²) in [5.41, 5.74) is 3.25. The van der Waals surface area contributed by atoms with Crippen LogP contribution in [0.3, 0.4) is 0 Å². The Labute approximate surface area is 232 Å². The quantitative estimate of drug-likeness (QED) is 0.224. The zero-order valence-corrected chi connectivity index (χ0v) is 22.8. The molecule has 0 spiro atoms. The molecule has 0 saturated carbocycles. The number of fused-ring (bicyclic) bond motifs is 1. The van der Waals surface area contributed by atoms with Crippen molar-refractivity contribution in [2.45, 2.75) is 30.7 Å². The van der Waals surface area contributed by atoms with Crippen LogP contribution in [-0.2, 0) is 10.3 Å². The first-order chi connectivity index (χ1) is 19.4. The Hall–Kier alpha value is -3.55. The third kappa shape index (κ3) is 4.24. The molecule has 5 aromatic carbocycles. The van der Waals surface area contributed by atoms with Crippen molar-refractivity contribution in [3.63, 3.8) is 0 Å². The van der Waals surface area contributed by atoms with Crippen molar-refractivity contribution in [3.8, 4) is 0 Å². The molecule has 2 nitrogen and oxygen atoms in total. The lowest BCUT2D eigenvalue weighted by Crippen LogP contribution is -2.40. The molecule has 2 aliphatic heterocycles. The largest absolute Gasteiger partial charge is 0.341 e. The highest BCUT2D eigenvalue weighted by Gasteiger charge is 2.57. The van der Waals surface area contributed by atoms with Crippen LogP contribution >= 0.6 is 7.92 Å². The van der Waals surface area contributed by atoms with Gasteiger partial charge in [0, 0.05) is 12.1 Å². The number of ether oxygens (including phenoxy) is 1. The molecule has 39 heavy (non-hydrogen) atoms. The molecule has 0 aromatic heterocycles. The second-order valence-electron chi connectivity index (χ2n) is 10.4. The van der Waals surface area contributed by atoms with Crippen LogP contribution in [0.1, 0.15) is 35.8 Å². The molecule has 3 heteroatoms. The molecule has 2 aliphatic rings. The van der Waals surface area contributed by atoms with E-state index in [0.29, 0.717) is 0 Å². The Bertz CT molecular complexity index is 1450. The van der Waals surface area contributed by atoms with Gasteiger partial charge in [0.05, 0.1) is 6.04 Å². The van der Waals surface area contributed by atoms with Gasteiger partial charge in [-0.3, -0.25) is 4.90 Å². The van der Waals surface area contributed by atoms with Crippen molar-refractivity contribution in [2.75, 3.05) is 6.54 Å². The minimum absolute atomic E-state index is 0.119. The molecule has 0 radical (unpaired) electrons. The molecule has 0 N–H and O–H groups in total. The Morgan fingerprint density at radius 2 is 1.08 bits per heavy atom. The molecule has 0 aliphatic carbocycles. The summed E-state index contributed by atoms with van der Waals surface area (Å²) in [5.74, 6) is 0. The van der Waals surface area contributed by atoms with E-state index in [1.165, 1.54) is 39.0 Å². The molecule has 1 unspecified atom stereocenters. The van der Waals surface area contributed by atoms with E-state index >= 15 is 0 Å². The van der Waals surface area contributed by atoms with Crippen LogP contribution in [0, 0.1) is 0 Å². The molecule has 5 aromatic rings. The summed E-state index contributed by atoms with van der Waals surface area (Å²) in [6.07, 6.45) is 2.18. The molecule has 2 fully saturated rings. The lowest BCUT2D eigenvalue weighted by molar-refractivity contribution is -0.0460. The summed E-state index contributed by atoms with van der Waals surface area (Å²) in [5, 5.41) is 4.09. The number of hydrogen-bond donors (Lipinski definition) is 0. The summed E-state index contributed by atoms with van der Waals surface area (Å²) >= 11 is 0. The van der Waals surface area contributed by atoms with Crippen molar-refractivity contribution in [2.24, 2.45) is 0 Å². The number of hydrogen-bond acceptors (Lipinski definition) is 2. The maximum atomic E-state index is 7.47. The van der Waals surface area contributed by atoms with E-state index in [-0.39, 0.29) is 12.3 Å². The van der Waals surface area contributed by atoms with E-state index in [2.05, 4.69) is 150 Å². The third-order valence-corrected chi connectivity index (χ3v) is 10.8. The van der Waals surface area contributed by atoms with Crippen LogP contribution in [0.2, 0.25) is 0 Å². The molecule has 0 bridgehead atoms. The van der Waals surface area contributed by atoms with E-state index in [4.69, 9.17) is 4.74 Å². The number of benzene rings is 5. The van der Waals surface area contributed by atoms with Gasteiger partial charge in [0.1, 0.15) is 11.8 Å². The fraction of sp³-hybridized carbons (Fsp3) is 0.167. The Morgan fingerprint density at radius 3 is 1.64 bits per heavy atom. The summed E-state index contributed by atoms with van der Waals surface area (Å²) in [6.45, 7) is 1.04. The second-order valence-corrected chi connectivity index (χ2v) is 12.6. The molecular formula is C36H32NOP. The van der Waals surface area contributed by atoms with Gasteiger partial charge in [-0.05, 0) is 47.8 Å². The predicted molar refractivity (Wildman–Crippen MR) is 162 cm³/mol. The fourth-order valence-electron chi connectivity index (χ4n) is 6.61. The van der Waals surface area contributed by atoms with Crippen LogP contribution in [0.25, 0.3) is 0 Å². The highest BCUT2D eigenvalue weighted by atomic mass is 31.1. The van der Waals surface area contributed by atoms with Crippen LogP contribution in [-0.4, -0.2) is 17.5 Å². The lowest BCUT2D eigenvalue weighted by Gasteiger charge is -2.35. The highest BCUT2D eigenvalue weighted by Crippen LogP contribution is 2.54. The summed E-state index contributed by atoms with van der Waals surface area (Å²) in [4.78, 5) is 2.64. The molecule has 2 heterocycles. The van der Waals surface area contributed by atoms with Crippen LogP contribution in [0.5, 0.6) is 0 Å². The zero-order valence-electron chi connectivity index (χ0n) is 21.9. The highest BCUT2D eigenvalue weighted by molar-refractivity contribution is 7.79. The smallest absolute Gasteiger partial charge is 0.139 e. The average Bonchev–Trinajstić information content (AvgIpc) is 3.63. The summed E-state index contributed by atoms with van der Waals surface area (Å²) in [7, 11) is -0.747. The van der Waals surface area contributed by atoms with Gasteiger partial charge in [-0.25, -0.2) is 0 Å². The van der Waals surface area contributed by atoms with E-state index in [9.17, 15) is 0 Å². The Kier molecular flexibility index (Phi) is 6.62. The second kappa shape index (κ2) is 10.5. The van der Waals surface area contributed by atoms with E-state index in [1.807, 2.05) is 0 Å². The molecule has 2 saturated heterocycles. The van der Waals surface area contributed by atoms with Crippen molar-refractivity contribution >= 4 is 23.8 Å². The van der Waals surface area contributed by atoms with Gasteiger partial charge in [0.25, 0.3) is 0 Å². The van der Waals surface area contributed by atoms with Gasteiger partial charge in [0.15, 0.2) is 0 Å². The lowest BCUT2D eigenvalue weighted by atomic mass is 9.79. The SMILES string of the molecule is c1ccc(P(c2ccccc2)c2ccccc2[C@@H]2OC(c3ccccc3)(c3ccccc3)C3CCCN32)cc1. The first kappa shape index (κ1) is 24.5. The maximum absolute atomic E-state index is 7.47. The van der Waals surface area contributed by atoms with Gasteiger partial charge in [-0.15, -0.1) is 0 Å². The van der Waals surface area contributed by atoms with Crippen molar-refractivity contribution in [3.05, 3.63) is 162 Å². The Balaban J connectivity index is 1.41. The van der Waals surface area contributed by atoms with E-state index < -0.39 is 13.5 Å². The van der Waals surface area contributed by atoms with Crippen molar-refractivity contribution in [1.29, 1.82) is 0 Å². The van der Waals surface area contributed by atoms with Gasteiger partial charge in [-0.2, -0.15) is 0 Å². The molecule has 7 rings (SSSR count). The number of rotatable bonds is 6. The normalized spacial score (nSPS) is 20.2. The minimum atomic E-state index is -0.747.